The first-order chi connectivity index (χ1) is 13.4. The quantitative estimate of drug-likeness (QED) is 0.783. The van der Waals surface area contributed by atoms with Crippen molar-refractivity contribution in [3.05, 3.63) is 29.3 Å². The summed E-state index contributed by atoms with van der Waals surface area (Å²) in [5.41, 5.74) is 1.90. The Kier molecular flexibility index (Phi) is 5.32. The van der Waals surface area contributed by atoms with Crippen molar-refractivity contribution >= 4 is 11.8 Å². The van der Waals surface area contributed by atoms with Crippen molar-refractivity contribution in [3.63, 3.8) is 0 Å². The lowest BCUT2D eigenvalue weighted by atomic mass is 9.90. The third-order valence-electron chi connectivity index (χ3n) is 6.41. The molecule has 6 nitrogen and oxygen atoms in total. The standard InChI is InChI=1S/C22H31N3O3/c1-17-5-6-20-19(13-17)14-25(18(2)26)16-22(28-20)7-11-23(12-8-22)15-21(27)24-9-3-4-10-24/h5-6,13H,3-4,7-12,14-16H2,1-2H3. The lowest BCUT2D eigenvalue weighted by Gasteiger charge is -2.42. The fraction of sp³-hybridized carbons (Fsp3) is 0.636. The second kappa shape index (κ2) is 7.74. The summed E-state index contributed by atoms with van der Waals surface area (Å²) in [5, 5.41) is 0. The maximum Gasteiger partial charge on any atom is 0.236 e. The highest BCUT2D eigenvalue weighted by molar-refractivity contribution is 5.78. The van der Waals surface area contributed by atoms with E-state index in [4.69, 9.17) is 4.74 Å². The number of fused-ring (bicyclic) bond motifs is 1. The molecule has 3 heterocycles. The molecule has 0 aliphatic carbocycles. The Labute approximate surface area is 167 Å². The van der Waals surface area contributed by atoms with Crippen LogP contribution in [0.25, 0.3) is 0 Å². The van der Waals surface area contributed by atoms with E-state index in [0.29, 0.717) is 19.6 Å². The zero-order valence-corrected chi connectivity index (χ0v) is 17.1. The van der Waals surface area contributed by atoms with Gasteiger partial charge in [-0.2, -0.15) is 0 Å². The number of carbonyl (C=O) groups excluding carboxylic acids is 2. The van der Waals surface area contributed by atoms with Gasteiger partial charge in [-0.15, -0.1) is 0 Å². The lowest BCUT2D eigenvalue weighted by molar-refractivity contribution is -0.134. The van der Waals surface area contributed by atoms with E-state index >= 15 is 0 Å². The smallest absolute Gasteiger partial charge is 0.236 e. The Morgan fingerprint density at radius 2 is 1.79 bits per heavy atom. The first kappa shape index (κ1) is 19.2. The van der Waals surface area contributed by atoms with Crippen molar-refractivity contribution in [2.45, 2.75) is 51.7 Å². The number of benzene rings is 1. The number of piperidine rings is 1. The molecule has 1 spiro atoms. The molecule has 6 heteroatoms. The summed E-state index contributed by atoms with van der Waals surface area (Å²) in [6.45, 7) is 8.89. The average Bonchev–Trinajstić information content (AvgIpc) is 3.15. The molecule has 28 heavy (non-hydrogen) atoms. The summed E-state index contributed by atoms with van der Waals surface area (Å²) in [7, 11) is 0. The lowest BCUT2D eigenvalue weighted by Crippen LogP contribution is -2.55. The topological polar surface area (TPSA) is 53.1 Å². The van der Waals surface area contributed by atoms with Crippen LogP contribution >= 0.6 is 0 Å². The molecule has 1 aromatic rings. The van der Waals surface area contributed by atoms with Crippen LogP contribution in [0.4, 0.5) is 0 Å². The Bertz CT molecular complexity index is 749. The van der Waals surface area contributed by atoms with E-state index in [0.717, 1.165) is 63.2 Å². The number of nitrogens with zero attached hydrogens (tertiary/aromatic N) is 3. The first-order valence-corrected chi connectivity index (χ1v) is 10.5. The predicted octanol–water partition coefficient (Wildman–Crippen LogP) is 2.19. The molecule has 0 saturated carbocycles. The van der Waals surface area contributed by atoms with Gasteiger partial charge in [-0.05, 0) is 25.8 Å². The first-order valence-electron chi connectivity index (χ1n) is 10.5. The van der Waals surface area contributed by atoms with Crippen molar-refractivity contribution < 1.29 is 14.3 Å². The minimum Gasteiger partial charge on any atom is -0.485 e. The molecular formula is C22H31N3O3. The molecule has 1 aromatic carbocycles. The van der Waals surface area contributed by atoms with Gasteiger partial charge in [0.2, 0.25) is 11.8 Å². The number of hydrogen-bond acceptors (Lipinski definition) is 4. The zero-order chi connectivity index (χ0) is 19.7. The highest BCUT2D eigenvalue weighted by atomic mass is 16.5. The molecule has 3 aliphatic rings. The predicted molar refractivity (Wildman–Crippen MR) is 107 cm³/mol. The van der Waals surface area contributed by atoms with E-state index in [9.17, 15) is 9.59 Å². The van der Waals surface area contributed by atoms with E-state index in [1.807, 2.05) is 15.9 Å². The minimum absolute atomic E-state index is 0.0870. The maximum absolute atomic E-state index is 12.5. The molecule has 0 bridgehead atoms. The highest BCUT2D eigenvalue weighted by Gasteiger charge is 2.41. The molecule has 4 rings (SSSR count). The Hall–Kier alpha value is -2.08. The number of hydrogen-bond donors (Lipinski definition) is 0. The molecule has 152 valence electrons. The SMILES string of the molecule is CC(=O)N1Cc2cc(C)ccc2OC2(CCN(CC(=O)N3CCCC3)CC2)C1. The van der Waals surface area contributed by atoms with Gasteiger partial charge >= 0.3 is 0 Å². The summed E-state index contributed by atoms with van der Waals surface area (Å²) in [4.78, 5) is 30.9. The fourth-order valence-electron chi connectivity index (χ4n) is 4.67. The highest BCUT2D eigenvalue weighted by Crippen LogP contribution is 2.36. The van der Waals surface area contributed by atoms with Crippen LogP contribution < -0.4 is 4.74 Å². The molecule has 2 saturated heterocycles. The van der Waals surface area contributed by atoms with Gasteiger partial charge in [0.1, 0.15) is 11.4 Å². The molecule has 0 N–H and O–H groups in total. The average molecular weight is 386 g/mol. The van der Waals surface area contributed by atoms with E-state index in [1.165, 1.54) is 5.56 Å². The molecule has 2 amide bonds. The summed E-state index contributed by atoms with van der Waals surface area (Å²) < 4.78 is 6.56. The minimum atomic E-state index is -0.362. The molecule has 3 aliphatic heterocycles. The van der Waals surface area contributed by atoms with Crippen molar-refractivity contribution in [3.8, 4) is 5.75 Å². The summed E-state index contributed by atoms with van der Waals surface area (Å²) in [5.74, 6) is 1.24. The number of rotatable bonds is 2. The number of amides is 2. The van der Waals surface area contributed by atoms with E-state index in [2.05, 4.69) is 24.0 Å². The molecule has 2 fully saturated rings. The second-order valence-corrected chi connectivity index (χ2v) is 8.64. The molecule has 0 radical (unpaired) electrons. The van der Waals surface area contributed by atoms with Gasteiger partial charge in [0.25, 0.3) is 0 Å². The van der Waals surface area contributed by atoms with Crippen LogP contribution in [0.2, 0.25) is 0 Å². The molecule has 0 aromatic heterocycles. The van der Waals surface area contributed by atoms with E-state index in [1.54, 1.807) is 6.92 Å². The Balaban J connectivity index is 1.46. The molecule has 0 atom stereocenters. The van der Waals surface area contributed by atoms with Gasteiger partial charge in [-0.25, -0.2) is 0 Å². The van der Waals surface area contributed by atoms with Crippen LogP contribution in [0.5, 0.6) is 5.75 Å². The van der Waals surface area contributed by atoms with Crippen LogP contribution in [0.1, 0.15) is 43.7 Å². The largest absolute Gasteiger partial charge is 0.485 e. The van der Waals surface area contributed by atoms with Crippen LogP contribution in [-0.2, 0) is 16.1 Å². The number of ether oxygens (including phenoxy) is 1. The van der Waals surface area contributed by atoms with Crippen LogP contribution in [0.15, 0.2) is 18.2 Å². The van der Waals surface area contributed by atoms with Crippen molar-refractivity contribution in [2.24, 2.45) is 0 Å². The van der Waals surface area contributed by atoms with E-state index < -0.39 is 0 Å². The molecule has 0 unspecified atom stereocenters. The van der Waals surface area contributed by atoms with Crippen LogP contribution in [0, 0.1) is 6.92 Å². The number of aryl methyl sites for hydroxylation is 1. The Morgan fingerprint density at radius 3 is 2.46 bits per heavy atom. The number of carbonyl (C=O) groups is 2. The van der Waals surface area contributed by atoms with Crippen molar-refractivity contribution in [1.29, 1.82) is 0 Å². The van der Waals surface area contributed by atoms with Gasteiger partial charge in [0.05, 0.1) is 13.1 Å². The van der Waals surface area contributed by atoms with E-state index in [-0.39, 0.29) is 17.4 Å². The van der Waals surface area contributed by atoms with Crippen molar-refractivity contribution in [2.75, 3.05) is 39.3 Å². The van der Waals surface area contributed by atoms with Crippen LogP contribution in [0.3, 0.4) is 0 Å². The summed E-state index contributed by atoms with van der Waals surface area (Å²) in [6, 6.07) is 6.23. The van der Waals surface area contributed by atoms with Crippen molar-refractivity contribution in [1.82, 2.24) is 14.7 Å². The number of likely N-dealkylation sites (tertiary alicyclic amines) is 2. The fourth-order valence-corrected chi connectivity index (χ4v) is 4.67. The summed E-state index contributed by atoms with van der Waals surface area (Å²) in [6.07, 6.45) is 3.92. The maximum atomic E-state index is 12.5. The van der Waals surface area contributed by atoms with Gasteiger partial charge < -0.3 is 14.5 Å². The normalized spacial score (nSPS) is 21.9. The third-order valence-corrected chi connectivity index (χ3v) is 6.41. The van der Waals surface area contributed by atoms with Crippen LogP contribution in [-0.4, -0.2) is 71.4 Å². The van der Waals surface area contributed by atoms with Gasteiger partial charge in [-0.1, -0.05) is 17.7 Å². The van der Waals surface area contributed by atoms with Gasteiger partial charge in [0, 0.05) is 58.1 Å². The van der Waals surface area contributed by atoms with Gasteiger partial charge in [-0.3, -0.25) is 14.5 Å². The second-order valence-electron chi connectivity index (χ2n) is 8.64. The van der Waals surface area contributed by atoms with Gasteiger partial charge in [0.15, 0.2) is 0 Å². The third kappa shape index (κ3) is 4.02. The zero-order valence-electron chi connectivity index (χ0n) is 17.1. The molecular weight excluding hydrogens is 354 g/mol. The summed E-state index contributed by atoms with van der Waals surface area (Å²) >= 11 is 0. The Morgan fingerprint density at radius 1 is 1.07 bits per heavy atom. The monoisotopic (exact) mass is 385 g/mol.